The Kier molecular flexibility index (Phi) is 7.78. The highest BCUT2D eigenvalue weighted by molar-refractivity contribution is 7.26. The molecule has 0 aliphatic rings. The maximum absolute atomic E-state index is 2.44. The van der Waals surface area contributed by atoms with E-state index in [1.807, 2.05) is 11.3 Å². The van der Waals surface area contributed by atoms with Gasteiger partial charge in [-0.3, -0.25) is 0 Å². The van der Waals surface area contributed by atoms with Crippen LogP contribution in [0.3, 0.4) is 0 Å². The van der Waals surface area contributed by atoms with Gasteiger partial charge in [0.15, 0.2) is 0 Å². The highest BCUT2D eigenvalue weighted by Crippen LogP contribution is 2.46. The maximum Gasteiger partial charge on any atom is 0.0555 e. The zero-order chi connectivity index (χ0) is 40.7. The molecule has 10 aromatic carbocycles. The third-order valence-electron chi connectivity index (χ3n) is 12.7. The van der Waals surface area contributed by atoms with Gasteiger partial charge < -0.3 is 14.0 Å². The van der Waals surface area contributed by atoms with Crippen LogP contribution in [0.5, 0.6) is 0 Å². The third-order valence-corrected chi connectivity index (χ3v) is 13.9. The molecule has 0 saturated heterocycles. The molecule has 0 radical (unpaired) electrons. The van der Waals surface area contributed by atoms with Gasteiger partial charge in [-0.15, -0.1) is 11.3 Å². The summed E-state index contributed by atoms with van der Waals surface area (Å²) in [5.41, 5.74) is 12.8. The molecule has 3 nitrogen and oxygen atoms in total. The molecule has 290 valence electrons. The lowest BCUT2D eigenvalue weighted by Crippen LogP contribution is -2.10. The smallest absolute Gasteiger partial charge is 0.0555 e. The zero-order valence-corrected chi connectivity index (χ0v) is 34.4. The number of hydrogen-bond donors (Lipinski definition) is 0. The summed E-state index contributed by atoms with van der Waals surface area (Å²) in [4.78, 5) is 2.42. The van der Waals surface area contributed by atoms with E-state index in [1.54, 1.807) is 0 Å². The summed E-state index contributed by atoms with van der Waals surface area (Å²) < 4.78 is 7.49. The third kappa shape index (κ3) is 5.30. The summed E-state index contributed by atoms with van der Waals surface area (Å²) in [5.74, 6) is 0. The SMILES string of the molecule is c1ccc(-n2c3ccccc3c3cc(N(c4ccc(-c5ccc6c7c8sc9ccccc9c8ccc7n(-c7ccccc7)c6c5)cc4)c4cccc5ccccc45)ccc32)cc1. The molecule has 0 unspecified atom stereocenters. The molecular formula is C58H37N3S. The molecule has 0 aliphatic heterocycles. The lowest BCUT2D eigenvalue weighted by Gasteiger charge is -2.27. The number of hydrogen-bond acceptors (Lipinski definition) is 2. The van der Waals surface area contributed by atoms with Crippen molar-refractivity contribution in [1.82, 2.24) is 9.13 Å². The van der Waals surface area contributed by atoms with Crippen molar-refractivity contribution >= 4 is 103 Å². The molecule has 4 heteroatoms. The summed E-state index contributed by atoms with van der Waals surface area (Å²) in [5, 5.41) is 10.1. The van der Waals surface area contributed by atoms with E-state index in [1.165, 1.54) is 85.7 Å². The first kappa shape index (κ1) is 34.9. The van der Waals surface area contributed by atoms with Gasteiger partial charge >= 0.3 is 0 Å². The summed E-state index contributed by atoms with van der Waals surface area (Å²) >= 11 is 1.90. The lowest BCUT2D eigenvalue weighted by molar-refractivity contribution is 1.18. The predicted octanol–water partition coefficient (Wildman–Crippen LogP) is 16.5. The van der Waals surface area contributed by atoms with Crippen molar-refractivity contribution in [3.63, 3.8) is 0 Å². The number of benzene rings is 10. The Hall–Kier alpha value is -7.92. The zero-order valence-electron chi connectivity index (χ0n) is 33.6. The van der Waals surface area contributed by atoms with E-state index >= 15 is 0 Å². The first-order valence-electron chi connectivity index (χ1n) is 21.2. The van der Waals surface area contributed by atoms with Crippen LogP contribution in [0, 0.1) is 0 Å². The van der Waals surface area contributed by atoms with Crippen LogP contribution in [0.1, 0.15) is 0 Å². The van der Waals surface area contributed by atoms with Gasteiger partial charge in [0.2, 0.25) is 0 Å². The minimum atomic E-state index is 1.10. The predicted molar refractivity (Wildman–Crippen MR) is 266 cm³/mol. The number of fused-ring (bicyclic) bond motifs is 11. The van der Waals surface area contributed by atoms with E-state index in [0.29, 0.717) is 0 Å². The van der Waals surface area contributed by atoms with E-state index in [9.17, 15) is 0 Å². The fourth-order valence-electron chi connectivity index (χ4n) is 9.91. The molecule has 0 fully saturated rings. The maximum atomic E-state index is 2.44. The molecule has 0 aliphatic carbocycles. The molecule has 0 spiro atoms. The van der Waals surface area contributed by atoms with Crippen molar-refractivity contribution in [2.75, 3.05) is 4.90 Å². The Bertz CT molecular complexity index is 3850. The van der Waals surface area contributed by atoms with Crippen molar-refractivity contribution in [2.24, 2.45) is 0 Å². The summed E-state index contributed by atoms with van der Waals surface area (Å²) in [6.07, 6.45) is 0. The Morgan fingerprint density at radius 2 is 0.935 bits per heavy atom. The van der Waals surface area contributed by atoms with Crippen LogP contribution in [0.4, 0.5) is 17.1 Å². The van der Waals surface area contributed by atoms with E-state index in [2.05, 4.69) is 238 Å². The van der Waals surface area contributed by atoms with E-state index in [0.717, 1.165) is 28.4 Å². The number of nitrogens with zero attached hydrogens (tertiary/aromatic N) is 3. The normalized spacial score (nSPS) is 11.9. The van der Waals surface area contributed by atoms with Gasteiger partial charge in [-0.05, 0) is 101 Å². The van der Waals surface area contributed by atoms with Crippen molar-refractivity contribution in [2.45, 2.75) is 0 Å². The second-order valence-electron chi connectivity index (χ2n) is 16.1. The van der Waals surface area contributed by atoms with Crippen LogP contribution in [-0.4, -0.2) is 9.13 Å². The Morgan fingerprint density at radius 1 is 0.339 bits per heavy atom. The van der Waals surface area contributed by atoms with Crippen LogP contribution in [-0.2, 0) is 0 Å². The van der Waals surface area contributed by atoms with Gasteiger partial charge in [0, 0.05) is 69.9 Å². The quantitative estimate of drug-likeness (QED) is 0.163. The molecule has 0 bridgehead atoms. The van der Waals surface area contributed by atoms with Crippen LogP contribution in [0.25, 0.3) is 97.1 Å². The highest BCUT2D eigenvalue weighted by atomic mass is 32.1. The fraction of sp³-hybridized carbons (Fsp3) is 0. The Morgan fingerprint density at radius 3 is 1.74 bits per heavy atom. The summed E-state index contributed by atoms with van der Waals surface area (Å²) in [6.45, 7) is 0. The molecule has 13 rings (SSSR count). The van der Waals surface area contributed by atoms with Crippen molar-refractivity contribution in [3.8, 4) is 22.5 Å². The topological polar surface area (TPSA) is 13.1 Å². The van der Waals surface area contributed by atoms with E-state index in [-0.39, 0.29) is 0 Å². The van der Waals surface area contributed by atoms with Crippen molar-refractivity contribution < 1.29 is 0 Å². The van der Waals surface area contributed by atoms with Gasteiger partial charge in [0.1, 0.15) is 0 Å². The number of rotatable bonds is 6. The number of anilines is 3. The van der Waals surface area contributed by atoms with Gasteiger partial charge in [0.25, 0.3) is 0 Å². The van der Waals surface area contributed by atoms with Crippen LogP contribution >= 0.6 is 11.3 Å². The minimum Gasteiger partial charge on any atom is -0.310 e. The first-order valence-corrected chi connectivity index (χ1v) is 22.0. The summed E-state index contributed by atoms with van der Waals surface area (Å²) in [6, 6.07) is 82.1. The molecular weight excluding hydrogens is 771 g/mol. The average Bonchev–Trinajstić information content (AvgIpc) is 4.00. The van der Waals surface area contributed by atoms with Crippen LogP contribution in [0.2, 0.25) is 0 Å². The van der Waals surface area contributed by atoms with Crippen molar-refractivity contribution in [1.29, 1.82) is 0 Å². The van der Waals surface area contributed by atoms with Gasteiger partial charge in [-0.25, -0.2) is 0 Å². The average molecular weight is 808 g/mol. The monoisotopic (exact) mass is 807 g/mol. The molecule has 3 aromatic heterocycles. The summed E-state index contributed by atoms with van der Waals surface area (Å²) in [7, 11) is 0. The molecule has 0 atom stereocenters. The van der Waals surface area contributed by atoms with Crippen LogP contribution < -0.4 is 4.90 Å². The fourth-order valence-corrected chi connectivity index (χ4v) is 11.2. The molecule has 62 heavy (non-hydrogen) atoms. The van der Waals surface area contributed by atoms with Gasteiger partial charge in [-0.2, -0.15) is 0 Å². The number of aromatic nitrogens is 2. The molecule has 0 N–H and O–H groups in total. The highest BCUT2D eigenvalue weighted by Gasteiger charge is 2.21. The van der Waals surface area contributed by atoms with Gasteiger partial charge in [-0.1, -0.05) is 140 Å². The van der Waals surface area contributed by atoms with Gasteiger partial charge in [0.05, 0.1) is 27.8 Å². The first-order chi connectivity index (χ1) is 30.8. The largest absolute Gasteiger partial charge is 0.310 e. The second kappa shape index (κ2) is 13.8. The molecule has 3 heterocycles. The number of para-hydroxylation sites is 3. The van der Waals surface area contributed by atoms with Crippen LogP contribution in [0.15, 0.2) is 224 Å². The van der Waals surface area contributed by atoms with Crippen molar-refractivity contribution in [3.05, 3.63) is 224 Å². The second-order valence-corrected chi connectivity index (χ2v) is 17.2. The standard InChI is InChI=1S/C58H37N3S/c1-3-16-41(17-4-1)60-52-23-11-9-21-46(52)50-37-44(31-34-53(50)60)59(51-24-13-15-39-14-7-8-20-45(39)51)43-29-26-38(27-30-43)40-28-32-49-55(36-40)61(42-18-5-2-6-19-42)54-35-33-48-47-22-10-12-25-56(47)62-58(48)57(49)54/h1-37H. The Balaban J connectivity index is 0.981. The van der Waals surface area contributed by atoms with E-state index < -0.39 is 0 Å². The lowest BCUT2D eigenvalue weighted by atomic mass is 10.0. The minimum absolute atomic E-state index is 1.10. The molecule has 0 amide bonds. The number of thiophene rings is 1. The molecule has 0 saturated carbocycles. The molecule has 13 aromatic rings. The van der Waals surface area contributed by atoms with E-state index in [4.69, 9.17) is 0 Å². The Labute approximate surface area is 362 Å².